The maximum Gasteiger partial charge on any atom is 0.407 e. The highest BCUT2D eigenvalue weighted by atomic mass is 16.6. The van der Waals surface area contributed by atoms with Crippen LogP contribution in [0.1, 0.15) is 213 Å². The largest absolute Gasteiger partial charge is 0.462 e. The first-order chi connectivity index (χ1) is 27.0. The maximum absolute atomic E-state index is 12.6. The molecule has 55 heavy (non-hydrogen) atoms. The summed E-state index contributed by atoms with van der Waals surface area (Å²) in [7, 11) is 0. The minimum absolute atomic E-state index is 0.121. The molecule has 0 aromatic carbocycles. The van der Waals surface area contributed by atoms with Crippen LogP contribution in [0.4, 0.5) is 4.79 Å². The van der Waals surface area contributed by atoms with Gasteiger partial charge < -0.3 is 24.4 Å². The van der Waals surface area contributed by atoms with Gasteiger partial charge in [-0.3, -0.25) is 9.59 Å². The second kappa shape index (κ2) is 39.9. The molecule has 1 aliphatic heterocycles. The fourth-order valence-corrected chi connectivity index (χ4v) is 7.00. The van der Waals surface area contributed by atoms with E-state index >= 15 is 0 Å². The average Bonchev–Trinajstić information content (AvgIpc) is 3.19. The summed E-state index contributed by atoms with van der Waals surface area (Å²) in [6.45, 7) is 7.64. The van der Waals surface area contributed by atoms with Crippen LogP contribution in [0.3, 0.4) is 0 Å². The molecule has 0 spiro atoms. The van der Waals surface area contributed by atoms with Crippen molar-refractivity contribution in [3.8, 4) is 0 Å². The van der Waals surface area contributed by atoms with Gasteiger partial charge in [-0.15, -0.1) is 0 Å². The van der Waals surface area contributed by atoms with Gasteiger partial charge in [-0.25, -0.2) is 4.79 Å². The van der Waals surface area contributed by atoms with Crippen LogP contribution in [0.15, 0.2) is 24.3 Å². The first kappa shape index (κ1) is 50.7. The number of rotatable bonds is 38. The third kappa shape index (κ3) is 35.8. The summed E-state index contributed by atoms with van der Waals surface area (Å²) in [5.74, 6) is -0.618. The number of unbranched alkanes of at least 4 members (excludes halogenated alkanes) is 22. The lowest BCUT2D eigenvalue weighted by atomic mass is 10.1. The van der Waals surface area contributed by atoms with Crippen LogP contribution >= 0.6 is 0 Å². The summed E-state index contributed by atoms with van der Waals surface area (Å²) in [4.78, 5) is 40.0. The Morgan fingerprint density at radius 1 is 0.527 bits per heavy atom. The molecule has 320 valence electrons. The zero-order valence-electron chi connectivity index (χ0n) is 35.9. The lowest BCUT2D eigenvalue weighted by molar-refractivity contribution is -0.152. The smallest absolute Gasteiger partial charge is 0.407 e. The van der Waals surface area contributed by atoms with E-state index in [1.54, 1.807) is 0 Å². The second-order valence-electron chi connectivity index (χ2n) is 15.9. The highest BCUT2D eigenvalue weighted by molar-refractivity contribution is 5.70. The Balaban J connectivity index is 2.23. The molecule has 1 rings (SSSR count). The lowest BCUT2D eigenvalue weighted by Gasteiger charge is -2.26. The van der Waals surface area contributed by atoms with E-state index in [9.17, 15) is 14.4 Å². The van der Waals surface area contributed by atoms with Gasteiger partial charge in [0.15, 0.2) is 6.10 Å². The standard InChI is InChI=1S/C47H86N2O6/c1-3-5-7-9-11-13-15-17-19-21-23-25-27-29-32-36-45(50)53-42-44(55-47(52)48-38-41-49-39-34-31-35-40-49)43-54-46(51)37-33-30-28-26-24-22-20-18-16-14-12-10-8-6-4-2/h17-20,44H,3-16,21-43H2,1-2H3,(H,48,52). The van der Waals surface area contributed by atoms with Crippen LogP contribution < -0.4 is 5.32 Å². The molecule has 0 aromatic rings. The van der Waals surface area contributed by atoms with Crippen molar-refractivity contribution in [3.05, 3.63) is 24.3 Å². The lowest BCUT2D eigenvalue weighted by Crippen LogP contribution is -2.40. The fraction of sp³-hybridized carbons (Fsp3) is 0.851. The first-order valence-electron chi connectivity index (χ1n) is 23.3. The molecule has 8 nitrogen and oxygen atoms in total. The van der Waals surface area contributed by atoms with Crippen LogP contribution in [0.5, 0.6) is 0 Å². The van der Waals surface area contributed by atoms with Gasteiger partial charge in [-0.2, -0.15) is 0 Å². The third-order valence-corrected chi connectivity index (χ3v) is 10.6. The quantitative estimate of drug-likeness (QED) is 0.0289. The number of alkyl carbamates (subject to hydrolysis) is 1. The summed E-state index contributed by atoms with van der Waals surface area (Å²) < 4.78 is 16.5. The van der Waals surface area contributed by atoms with E-state index in [0.29, 0.717) is 19.4 Å². The van der Waals surface area contributed by atoms with Crippen molar-refractivity contribution in [1.29, 1.82) is 0 Å². The molecule has 0 aromatic heterocycles. The topological polar surface area (TPSA) is 94.2 Å². The monoisotopic (exact) mass is 775 g/mol. The molecular weight excluding hydrogens is 689 g/mol. The summed E-state index contributed by atoms with van der Waals surface area (Å²) in [5.41, 5.74) is 0. The predicted molar refractivity (Wildman–Crippen MR) is 229 cm³/mol. The zero-order chi connectivity index (χ0) is 39.7. The SMILES string of the molecule is CCCCCCCCC=CCCCCCCCC(=O)OCC(COC(=O)CCCCCCCC=CCCCCCCCC)OC(=O)NCCN1CCCCC1. The van der Waals surface area contributed by atoms with Gasteiger partial charge in [-0.05, 0) is 90.1 Å². The molecule has 8 heteroatoms. The van der Waals surface area contributed by atoms with E-state index in [1.165, 1.54) is 135 Å². The Kier molecular flexibility index (Phi) is 36.7. The molecule has 0 bridgehead atoms. The van der Waals surface area contributed by atoms with Crippen molar-refractivity contribution in [2.75, 3.05) is 39.4 Å². The molecule has 1 saturated heterocycles. The Hall–Kier alpha value is -2.35. The van der Waals surface area contributed by atoms with E-state index < -0.39 is 12.2 Å². The summed E-state index contributed by atoms with van der Waals surface area (Å²) in [6, 6.07) is 0. The predicted octanol–water partition coefficient (Wildman–Crippen LogP) is 12.7. The fourth-order valence-electron chi connectivity index (χ4n) is 7.00. The van der Waals surface area contributed by atoms with Gasteiger partial charge in [0.25, 0.3) is 0 Å². The van der Waals surface area contributed by atoms with Gasteiger partial charge in [0.2, 0.25) is 0 Å². The number of ether oxygens (including phenoxy) is 3. The highest BCUT2D eigenvalue weighted by Gasteiger charge is 2.20. The van der Waals surface area contributed by atoms with Crippen molar-refractivity contribution in [2.24, 2.45) is 0 Å². The molecule has 1 fully saturated rings. The molecule has 1 heterocycles. The maximum atomic E-state index is 12.6. The highest BCUT2D eigenvalue weighted by Crippen LogP contribution is 2.13. The van der Waals surface area contributed by atoms with E-state index in [4.69, 9.17) is 14.2 Å². The number of piperidine rings is 1. The molecular formula is C47H86N2O6. The molecule has 1 amide bonds. The molecule has 0 radical (unpaired) electrons. The van der Waals surface area contributed by atoms with Crippen LogP contribution in [0, 0.1) is 0 Å². The van der Waals surface area contributed by atoms with Crippen molar-refractivity contribution in [3.63, 3.8) is 0 Å². The molecule has 0 aliphatic carbocycles. The van der Waals surface area contributed by atoms with Gasteiger partial charge in [0, 0.05) is 25.9 Å². The number of carbonyl (C=O) groups excluding carboxylic acids is 3. The van der Waals surface area contributed by atoms with Gasteiger partial charge >= 0.3 is 18.0 Å². The van der Waals surface area contributed by atoms with Crippen molar-refractivity contribution in [2.45, 2.75) is 219 Å². The van der Waals surface area contributed by atoms with E-state index in [2.05, 4.69) is 48.4 Å². The summed E-state index contributed by atoms with van der Waals surface area (Å²) in [6.07, 6.45) is 43.5. The number of esters is 2. The molecule has 0 saturated carbocycles. The number of likely N-dealkylation sites (tertiary alicyclic amines) is 1. The Bertz CT molecular complexity index is 892. The Labute approximate surface area is 338 Å². The first-order valence-corrected chi connectivity index (χ1v) is 23.3. The third-order valence-electron chi connectivity index (χ3n) is 10.6. The van der Waals surface area contributed by atoms with Crippen LogP contribution in [0.25, 0.3) is 0 Å². The minimum atomic E-state index is -0.842. The average molecular weight is 775 g/mol. The molecule has 1 aliphatic rings. The van der Waals surface area contributed by atoms with Crippen LogP contribution in [-0.4, -0.2) is 68.4 Å². The van der Waals surface area contributed by atoms with Gasteiger partial charge in [0.1, 0.15) is 13.2 Å². The Morgan fingerprint density at radius 2 is 0.909 bits per heavy atom. The van der Waals surface area contributed by atoms with E-state index in [-0.39, 0.29) is 25.2 Å². The van der Waals surface area contributed by atoms with E-state index in [0.717, 1.165) is 71.0 Å². The molecule has 1 N–H and O–H groups in total. The zero-order valence-corrected chi connectivity index (χ0v) is 35.9. The number of hydrogen-bond acceptors (Lipinski definition) is 7. The number of nitrogens with one attached hydrogen (secondary N) is 1. The van der Waals surface area contributed by atoms with Crippen molar-refractivity contribution >= 4 is 18.0 Å². The number of allylic oxidation sites excluding steroid dienone is 4. The van der Waals surface area contributed by atoms with Crippen LogP contribution in [-0.2, 0) is 23.8 Å². The van der Waals surface area contributed by atoms with E-state index in [1.807, 2.05) is 0 Å². The summed E-state index contributed by atoms with van der Waals surface area (Å²) >= 11 is 0. The number of carbonyl (C=O) groups is 3. The van der Waals surface area contributed by atoms with Crippen LogP contribution in [0.2, 0.25) is 0 Å². The number of amides is 1. The molecule has 0 unspecified atom stereocenters. The minimum Gasteiger partial charge on any atom is -0.462 e. The second-order valence-corrected chi connectivity index (χ2v) is 15.9. The summed E-state index contributed by atoms with van der Waals surface area (Å²) in [5, 5.41) is 2.81. The number of nitrogens with zero attached hydrogens (tertiary/aromatic N) is 1. The molecule has 0 atom stereocenters. The van der Waals surface area contributed by atoms with Crippen molar-refractivity contribution in [1.82, 2.24) is 10.2 Å². The Morgan fingerprint density at radius 3 is 1.33 bits per heavy atom. The van der Waals surface area contributed by atoms with Gasteiger partial charge in [-0.1, -0.05) is 147 Å². The van der Waals surface area contributed by atoms with Crippen molar-refractivity contribution < 1.29 is 28.6 Å². The number of hydrogen-bond donors (Lipinski definition) is 1. The normalized spacial score (nSPS) is 14.1. The van der Waals surface area contributed by atoms with Gasteiger partial charge in [0.05, 0.1) is 0 Å².